The van der Waals surface area contributed by atoms with Gasteiger partial charge in [-0.2, -0.15) is 0 Å². The van der Waals surface area contributed by atoms with Gasteiger partial charge in [-0.15, -0.1) is 0 Å². The molecule has 0 fully saturated rings. The van der Waals surface area contributed by atoms with Gasteiger partial charge in [0.1, 0.15) is 11.6 Å². The van der Waals surface area contributed by atoms with Gasteiger partial charge in [0.2, 0.25) is 0 Å². The Hall–Kier alpha value is -2.55. The van der Waals surface area contributed by atoms with Gasteiger partial charge in [0.25, 0.3) is 0 Å². The first-order valence-corrected chi connectivity index (χ1v) is 6.85. The van der Waals surface area contributed by atoms with Gasteiger partial charge in [0.15, 0.2) is 0 Å². The maximum absolute atomic E-state index is 13.6. The van der Waals surface area contributed by atoms with E-state index in [1.165, 1.54) is 0 Å². The van der Waals surface area contributed by atoms with Crippen molar-refractivity contribution in [3.63, 3.8) is 0 Å². The molecule has 0 aliphatic rings. The highest BCUT2D eigenvalue weighted by Crippen LogP contribution is 2.30. The first-order chi connectivity index (χ1) is 10.1. The molecule has 0 unspecified atom stereocenters. The Morgan fingerprint density at radius 1 is 1.00 bits per heavy atom. The summed E-state index contributed by atoms with van der Waals surface area (Å²) >= 11 is 0. The van der Waals surface area contributed by atoms with E-state index in [1.54, 1.807) is 25.1 Å². The van der Waals surface area contributed by atoms with Crippen molar-refractivity contribution in [3.05, 3.63) is 71.5 Å². The predicted octanol–water partition coefficient (Wildman–Crippen LogP) is 4.61. The molecule has 2 nitrogen and oxygen atoms in total. The summed E-state index contributed by atoms with van der Waals surface area (Å²) in [4.78, 5) is 0. The Morgan fingerprint density at radius 3 is 2.57 bits per heavy atom. The van der Waals surface area contributed by atoms with E-state index in [4.69, 9.17) is 0 Å². The molecular formula is C18H16FNO. The van der Waals surface area contributed by atoms with Crippen LogP contribution in [0.2, 0.25) is 0 Å². The fourth-order valence-electron chi connectivity index (χ4n) is 2.39. The Balaban J connectivity index is 1.88. The SMILES string of the molecule is Cc1ccc(CNc2cccc3c(O)cccc23)cc1F. The van der Waals surface area contributed by atoms with Crippen molar-refractivity contribution >= 4 is 16.5 Å². The van der Waals surface area contributed by atoms with Crippen LogP contribution in [0.4, 0.5) is 10.1 Å². The average Bonchev–Trinajstić information content (AvgIpc) is 2.49. The monoisotopic (exact) mass is 281 g/mol. The maximum Gasteiger partial charge on any atom is 0.126 e. The zero-order valence-corrected chi connectivity index (χ0v) is 11.7. The largest absolute Gasteiger partial charge is 0.507 e. The number of phenols is 1. The Kier molecular flexibility index (Phi) is 3.48. The summed E-state index contributed by atoms with van der Waals surface area (Å²) < 4.78 is 13.6. The summed E-state index contributed by atoms with van der Waals surface area (Å²) in [6.45, 7) is 2.28. The average molecular weight is 281 g/mol. The van der Waals surface area contributed by atoms with Crippen LogP contribution >= 0.6 is 0 Å². The van der Waals surface area contributed by atoms with Gasteiger partial charge in [-0.25, -0.2) is 4.39 Å². The second-order valence-corrected chi connectivity index (χ2v) is 5.11. The number of rotatable bonds is 3. The minimum atomic E-state index is -0.190. The smallest absolute Gasteiger partial charge is 0.126 e. The molecule has 0 saturated heterocycles. The molecule has 0 amide bonds. The molecule has 0 atom stereocenters. The number of aryl methyl sites for hydroxylation is 1. The summed E-state index contributed by atoms with van der Waals surface area (Å²) in [6.07, 6.45) is 0. The van der Waals surface area contributed by atoms with Gasteiger partial charge in [-0.3, -0.25) is 0 Å². The second-order valence-electron chi connectivity index (χ2n) is 5.11. The summed E-state index contributed by atoms with van der Waals surface area (Å²) in [6, 6.07) is 16.4. The number of benzene rings is 3. The van der Waals surface area contributed by atoms with Crippen molar-refractivity contribution < 1.29 is 9.50 Å². The molecule has 2 N–H and O–H groups in total. The number of hydrogen-bond acceptors (Lipinski definition) is 2. The summed E-state index contributed by atoms with van der Waals surface area (Å²) in [5, 5.41) is 14.9. The standard InChI is InChI=1S/C18H16FNO/c1-12-8-9-13(10-16(12)19)11-20-17-6-2-5-15-14(17)4-3-7-18(15)21/h2-10,20-21H,11H2,1H3. The molecule has 0 aromatic heterocycles. The van der Waals surface area contributed by atoms with Crippen LogP contribution in [0.15, 0.2) is 54.6 Å². The molecule has 3 aromatic carbocycles. The molecular weight excluding hydrogens is 265 g/mol. The fraction of sp³-hybridized carbons (Fsp3) is 0.111. The lowest BCUT2D eigenvalue weighted by Crippen LogP contribution is -2.00. The van der Waals surface area contributed by atoms with Crippen LogP contribution in [0.25, 0.3) is 10.8 Å². The summed E-state index contributed by atoms with van der Waals surface area (Å²) in [7, 11) is 0. The van der Waals surface area contributed by atoms with Crippen molar-refractivity contribution in [1.29, 1.82) is 0 Å². The number of anilines is 1. The van der Waals surface area contributed by atoms with E-state index in [0.29, 0.717) is 12.1 Å². The highest BCUT2D eigenvalue weighted by atomic mass is 19.1. The second kappa shape index (κ2) is 5.44. The van der Waals surface area contributed by atoms with E-state index >= 15 is 0 Å². The molecule has 3 aromatic rings. The van der Waals surface area contributed by atoms with Crippen molar-refractivity contribution in [2.75, 3.05) is 5.32 Å². The van der Waals surface area contributed by atoms with Crippen LogP contribution in [-0.2, 0) is 6.54 Å². The molecule has 3 heteroatoms. The number of halogens is 1. The Bertz CT molecular complexity index is 798. The topological polar surface area (TPSA) is 32.3 Å². The van der Waals surface area contributed by atoms with E-state index in [1.807, 2.05) is 36.4 Å². The van der Waals surface area contributed by atoms with E-state index in [2.05, 4.69) is 5.32 Å². The zero-order valence-electron chi connectivity index (χ0n) is 11.7. The molecule has 0 heterocycles. The summed E-state index contributed by atoms with van der Waals surface area (Å²) in [5.41, 5.74) is 2.45. The number of phenolic OH excluding ortho intramolecular Hbond substituents is 1. The zero-order chi connectivity index (χ0) is 14.8. The normalized spacial score (nSPS) is 10.8. The third-order valence-electron chi connectivity index (χ3n) is 3.62. The van der Waals surface area contributed by atoms with Crippen LogP contribution in [-0.4, -0.2) is 5.11 Å². The Morgan fingerprint density at radius 2 is 1.76 bits per heavy atom. The molecule has 0 bridgehead atoms. The molecule has 3 rings (SSSR count). The van der Waals surface area contributed by atoms with E-state index in [-0.39, 0.29) is 11.6 Å². The highest BCUT2D eigenvalue weighted by Gasteiger charge is 2.04. The van der Waals surface area contributed by atoms with Crippen molar-refractivity contribution in [2.45, 2.75) is 13.5 Å². The molecule has 0 aliphatic heterocycles. The Labute approximate surface area is 122 Å². The molecule has 0 radical (unpaired) electrons. The van der Waals surface area contributed by atoms with Gasteiger partial charge in [0, 0.05) is 23.0 Å². The van der Waals surface area contributed by atoms with E-state index < -0.39 is 0 Å². The number of fused-ring (bicyclic) bond motifs is 1. The first-order valence-electron chi connectivity index (χ1n) is 6.85. The highest BCUT2D eigenvalue weighted by molar-refractivity contribution is 5.97. The fourth-order valence-corrected chi connectivity index (χ4v) is 2.39. The van der Waals surface area contributed by atoms with Crippen molar-refractivity contribution in [2.24, 2.45) is 0 Å². The van der Waals surface area contributed by atoms with Crippen molar-refractivity contribution in [3.8, 4) is 5.75 Å². The molecule has 0 aliphatic carbocycles. The van der Waals surface area contributed by atoms with Crippen LogP contribution in [0.3, 0.4) is 0 Å². The predicted molar refractivity (Wildman–Crippen MR) is 84.1 cm³/mol. The van der Waals surface area contributed by atoms with E-state index in [0.717, 1.165) is 22.0 Å². The van der Waals surface area contributed by atoms with Crippen LogP contribution in [0.5, 0.6) is 5.75 Å². The molecule has 21 heavy (non-hydrogen) atoms. The van der Waals surface area contributed by atoms with Gasteiger partial charge >= 0.3 is 0 Å². The molecule has 0 saturated carbocycles. The van der Waals surface area contributed by atoms with Crippen molar-refractivity contribution in [1.82, 2.24) is 0 Å². The lowest BCUT2D eigenvalue weighted by atomic mass is 10.1. The van der Waals surface area contributed by atoms with Gasteiger partial charge in [0.05, 0.1) is 0 Å². The lowest BCUT2D eigenvalue weighted by Gasteiger charge is -2.11. The lowest BCUT2D eigenvalue weighted by molar-refractivity contribution is 0.481. The number of hydrogen-bond donors (Lipinski definition) is 2. The number of aromatic hydroxyl groups is 1. The van der Waals surface area contributed by atoms with Gasteiger partial charge in [-0.1, -0.05) is 36.4 Å². The quantitative estimate of drug-likeness (QED) is 0.735. The van der Waals surface area contributed by atoms with E-state index in [9.17, 15) is 9.50 Å². The number of nitrogens with one attached hydrogen (secondary N) is 1. The van der Waals surface area contributed by atoms with Crippen LogP contribution < -0.4 is 5.32 Å². The minimum absolute atomic E-state index is 0.190. The molecule has 106 valence electrons. The minimum Gasteiger partial charge on any atom is -0.507 e. The van der Waals surface area contributed by atoms with Crippen LogP contribution in [0, 0.1) is 12.7 Å². The molecule has 0 spiro atoms. The van der Waals surface area contributed by atoms with Gasteiger partial charge in [-0.05, 0) is 36.2 Å². The first kappa shape index (κ1) is 13.4. The third-order valence-corrected chi connectivity index (χ3v) is 3.62. The van der Waals surface area contributed by atoms with Gasteiger partial charge < -0.3 is 10.4 Å². The maximum atomic E-state index is 13.6. The summed E-state index contributed by atoms with van der Waals surface area (Å²) in [5.74, 6) is 0.0717. The third kappa shape index (κ3) is 2.68. The van der Waals surface area contributed by atoms with Crippen LogP contribution in [0.1, 0.15) is 11.1 Å².